The molecule has 2 saturated heterocycles. The number of hydrogen-bond donors (Lipinski definition) is 0. The van der Waals surface area contributed by atoms with Crippen molar-refractivity contribution in [2.75, 3.05) is 49.2 Å². The summed E-state index contributed by atoms with van der Waals surface area (Å²) in [6, 6.07) is 24.5. The maximum Gasteiger partial charge on any atom is 0.350 e. The number of hydrogen-bond acceptors (Lipinski definition) is 11. The second-order valence-electron chi connectivity index (χ2n) is 12.6. The van der Waals surface area contributed by atoms with Crippen LogP contribution in [0.1, 0.15) is 45.2 Å². The van der Waals surface area contributed by atoms with Gasteiger partial charge in [-0.25, -0.2) is 19.0 Å². The fourth-order valence-corrected chi connectivity index (χ4v) is 7.46. The van der Waals surface area contributed by atoms with Crippen LogP contribution in [0.3, 0.4) is 0 Å². The van der Waals surface area contributed by atoms with Crippen LogP contribution in [0, 0.1) is 0 Å². The van der Waals surface area contributed by atoms with E-state index in [1.54, 1.807) is 44.1 Å². The minimum Gasteiger partial charge on any atom is -0.491 e. The van der Waals surface area contributed by atoms with E-state index in [0.717, 1.165) is 70.6 Å². The lowest BCUT2D eigenvalue weighted by Gasteiger charge is -2.37. The molecule has 2 aliphatic heterocycles. The number of rotatable bonds is 11. The molecule has 0 N–H and O–H groups in total. The first-order chi connectivity index (χ1) is 25.5. The van der Waals surface area contributed by atoms with Crippen molar-refractivity contribution < 1.29 is 14.2 Å². The summed E-state index contributed by atoms with van der Waals surface area (Å²) in [5, 5.41) is 13.6. The van der Waals surface area contributed by atoms with Crippen molar-refractivity contribution in [2.24, 2.45) is 0 Å². The van der Waals surface area contributed by atoms with Gasteiger partial charge >= 0.3 is 5.69 Å². The number of fused-ring (bicyclic) bond motifs is 1. The molecule has 3 aromatic carbocycles. The molecule has 8 rings (SSSR count). The summed E-state index contributed by atoms with van der Waals surface area (Å²) >= 11 is 1.56. The van der Waals surface area contributed by atoms with Gasteiger partial charge in [0.2, 0.25) is 5.79 Å². The van der Waals surface area contributed by atoms with Gasteiger partial charge in [-0.3, -0.25) is 0 Å². The highest BCUT2D eigenvalue weighted by molar-refractivity contribution is 7.18. The molecule has 3 aromatic heterocycles. The van der Waals surface area contributed by atoms with E-state index >= 15 is 0 Å². The topological polar surface area (TPSA) is 118 Å². The molecule has 0 spiro atoms. The van der Waals surface area contributed by atoms with Crippen molar-refractivity contribution >= 4 is 32.9 Å². The molecule has 0 radical (unpaired) electrons. The van der Waals surface area contributed by atoms with E-state index in [-0.39, 0.29) is 24.4 Å². The zero-order chi connectivity index (χ0) is 36.1. The van der Waals surface area contributed by atoms with Crippen LogP contribution in [0.25, 0.3) is 15.9 Å². The minimum atomic E-state index is -1.10. The predicted octanol–water partition coefficient (Wildman–Crippen LogP) is 5.91. The number of ether oxygens (including phenoxy) is 3. The Kier molecular flexibility index (Phi) is 10.7. The molecule has 13 nitrogen and oxygen atoms in total. The molecule has 272 valence electrons. The van der Waals surface area contributed by atoms with Gasteiger partial charge in [-0.15, -0.1) is 11.3 Å². The Hall–Kier alpha value is -5.05. The van der Waals surface area contributed by atoms with E-state index in [1.807, 2.05) is 69.3 Å². The third-order valence-electron chi connectivity index (χ3n) is 9.41. The largest absolute Gasteiger partial charge is 0.491 e. The number of benzene rings is 3. The van der Waals surface area contributed by atoms with Crippen LogP contribution in [0.15, 0.2) is 96.3 Å². The van der Waals surface area contributed by atoms with Crippen LogP contribution < -0.4 is 20.2 Å². The van der Waals surface area contributed by atoms with Crippen molar-refractivity contribution in [3.05, 3.63) is 107 Å². The van der Waals surface area contributed by atoms with E-state index < -0.39 is 5.79 Å². The zero-order valence-corrected chi connectivity index (χ0v) is 30.9. The molecule has 0 saturated carbocycles. The first-order valence-corrected chi connectivity index (χ1v) is 18.8. The second-order valence-corrected chi connectivity index (χ2v) is 13.7. The number of thiazole rings is 1. The van der Waals surface area contributed by atoms with Gasteiger partial charge in [-0.1, -0.05) is 32.9 Å². The highest BCUT2D eigenvalue weighted by Gasteiger charge is 2.47. The Balaban J connectivity index is 0.00000207. The van der Waals surface area contributed by atoms with E-state index in [4.69, 9.17) is 19.2 Å². The molecule has 0 bridgehead atoms. The first-order valence-electron chi connectivity index (χ1n) is 18.0. The quantitative estimate of drug-likeness (QED) is 0.160. The molecule has 6 aromatic rings. The molecule has 52 heavy (non-hydrogen) atoms. The highest BCUT2D eigenvalue weighted by Crippen LogP contribution is 2.40. The maximum atomic E-state index is 12.8. The van der Waals surface area contributed by atoms with Gasteiger partial charge in [0, 0.05) is 37.6 Å². The molecule has 3 unspecified atom stereocenters. The van der Waals surface area contributed by atoms with Gasteiger partial charge < -0.3 is 24.0 Å². The Morgan fingerprint density at radius 3 is 2.17 bits per heavy atom. The summed E-state index contributed by atoms with van der Waals surface area (Å²) in [6.07, 6.45) is 5.45. The molecule has 2 aliphatic rings. The summed E-state index contributed by atoms with van der Waals surface area (Å²) in [5.74, 6) is -0.321. The summed E-state index contributed by atoms with van der Waals surface area (Å²) in [4.78, 5) is 24.0. The standard InChI is InChI=1S/C36H39N9O4S.C2H6/c1-3-26(2)45-35(46)43(25-39-45)29-10-8-27(9-11-29)41-18-20-42(21-19-41)28-12-14-30(15-13-28)47-22-31-23-48-36(49-31,24-44-37-16-17-38-44)34-40-32-6-4-5-7-33(32)50-34;1-2/h4-17,25-26,31H,3,18-24H2,1-2H3;1-2H3. The van der Waals surface area contributed by atoms with Crippen LogP contribution in [-0.4, -0.2) is 79.8 Å². The average molecular weight is 724 g/mol. The number of nitrogens with zero attached hydrogens (tertiary/aromatic N) is 9. The van der Waals surface area contributed by atoms with Crippen molar-refractivity contribution in [3.8, 4) is 11.4 Å². The van der Waals surface area contributed by atoms with Gasteiger partial charge in [0.15, 0.2) is 5.01 Å². The van der Waals surface area contributed by atoms with Crippen LogP contribution in [0.4, 0.5) is 11.4 Å². The third-order valence-corrected chi connectivity index (χ3v) is 10.6. The number of para-hydroxylation sites is 1. The molecule has 14 heteroatoms. The molecular weight excluding hydrogens is 679 g/mol. The lowest BCUT2D eigenvalue weighted by atomic mass is 10.2. The summed E-state index contributed by atoms with van der Waals surface area (Å²) in [5.41, 5.74) is 3.92. The first kappa shape index (κ1) is 35.4. The Labute approximate surface area is 307 Å². The Bertz CT molecular complexity index is 2050. The SMILES string of the molecule is CC.CCC(C)n1ncn(-c2ccc(N3CCN(c4ccc(OCC5COC(Cn6nccn6)(c6nc7ccccc7s6)O5)cc4)CC3)cc2)c1=O. The third kappa shape index (κ3) is 7.31. The van der Waals surface area contributed by atoms with Gasteiger partial charge in [0.1, 0.15) is 31.3 Å². The molecule has 0 aliphatic carbocycles. The van der Waals surface area contributed by atoms with Crippen molar-refractivity contribution in [2.45, 2.75) is 58.6 Å². The van der Waals surface area contributed by atoms with E-state index in [2.05, 4.69) is 56.3 Å². The zero-order valence-electron chi connectivity index (χ0n) is 30.0. The molecule has 5 heterocycles. The second kappa shape index (κ2) is 15.7. The smallest absolute Gasteiger partial charge is 0.350 e. The fraction of sp³-hybridized carbons (Fsp3) is 0.395. The van der Waals surface area contributed by atoms with Gasteiger partial charge in [-0.2, -0.15) is 20.1 Å². The van der Waals surface area contributed by atoms with Gasteiger partial charge in [0.05, 0.1) is 40.9 Å². The minimum absolute atomic E-state index is 0.0687. The van der Waals surface area contributed by atoms with Crippen LogP contribution in [0.5, 0.6) is 5.75 Å². The van der Waals surface area contributed by atoms with Crippen LogP contribution in [-0.2, 0) is 21.8 Å². The van der Waals surface area contributed by atoms with Crippen LogP contribution in [0.2, 0.25) is 0 Å². The number of anilines is 2. The highest BCUT2D eigenvalue weighted by atomic mass is 32.1. The Morgan fingerprint density at radius 1 is 0.885 bits per heavy atom. The normalized spacial score (nSPS) is 19.4. The number of aromatic nitrogens is 7. The van der Waals surface area contributed by atoms with E-state index in [9.17, 15) is 4.79 Å². The summed E-state index contributed by atoms with van der Waals surface area (Å²) in [6.45, 7) is 12.6. The van der Waals surface area contributed by atoms with Gasteiger partial charge in [-0.05, 0) is 74.0 Å². The lowest BCUT2D eigenvalue weighted by molar-refractivity contribution is -0.192. The molecule has 0 amide bonds. The molecule has 3 atom stereocenters. The Morgan fingerprint density at radius 2 is 1.52 bits per heavy atom. The summed E-state index contributed by atoms with van der Waals surface area (Å²) in [7, 11) is 0. The fourth-order valence-electron chi connectivity index (χ4n) is 6.41. The van der Waals surface area contributed by atoms with E-state index in [0.29, 0.717) is 13.2 Å². The monoisotopic (exact) mass is 723 g/mol. The molecular formula is C38H45N9O4S. The lowest BCUT2D eigenvalue weighted by Crippen LogP contribution is -2.46. The maximum absolute atomic E-state index is 12.8. The summed E-state index contributed by atoms with van der Waals surface area (Å²) < 4.78 is 23.3. The van der Waals surface area contributed by atoms with Gasteiger partial charge in [0.25, 0.3) is 0 Å². The van der Waals surface area contributed by atoms with Crippen molar-refractivity contribution in [1.82, 2.24) is 34.3 Å². The van der Waals surface area contributed by atoms with Crippen molar-refractivity contribution in [1.29, 1.82) is 0 Å². The van der Waals surface area contributed by atoms with Crippen LogP contribution >= 0.6 is 11.3 Å². The number of piperazine rings is 1. The molecule has 2 fully saturated rings. The average Bonchev–Trinajstić information content (AvgIpc) is 4.03. The van der Waals surface area contributed by atoms with E-state index in [1.165, 1.54) is 0 Å². The predicted molar refractivity (Wildman–Crippen MR) is 203 cm³/mol. The van der Waals surface area contributed by atoms with Crippen molar-refractivity contribution in [3.63, 3.8) is 0 Å².